The number of nitrogens with zero attached hydrogens (tertiary/aromatic N) is 2. The number of hydrogen-bond donors (Lipinski definition) is 0. The topological polar surface area (TPSA) is 17.8 Å². The zero-order valence-corrected chi connectivity index (χ0v) is 11.1. The highest BCUT2D eigenvalue weighted by Gasteiger charge is 2.18. The summed E-state index contributed by atoms with van der Waals surface area (Å²) in [7, 11) is 1.85. The fourth-order valence-corrected chi connectivity index (χ4v) is 2.52. The Morgan fingerprint density at radius 1 is 1.16 bits per heavy atom. The second kappa shape index (κ2) is 4.67. The zero-order valence-electron chi connectivity index (χ0n) is 10.3. The van der Waals surface area contributed by atoms with E-state index in [4.69, 9.17) is 11.6 Å². The maximum Gasteiger partial charge on any atom is 0.132 e. The molecule has 1 heterocycles. The first-order valence-corrected chi connectivity index (χ1v) is 6.41. The van der Waals surface area contributed by atoms with Crippen LogP contribution < -0.4 is 0 Å². The van der Waals surface area contributed by atoms with Gasteiger partial charge >= 0.3 is 0 Å². The molecule has 0 bridgehead atoms. The van der Waals surface area contributed by atoms with Crippen LogP contribution in [0.25, 0.3) is 11.0 Å². The first-order chi connectivity index (χ1) is 9.16. The standard InChI is InChI=1S/C15H12ClFN2/c1-19-13-9-11(17)7-8-12(13)18-15(19)14(16)10-5-3-2-4-6-10/h2-9,14H,1H3. The van der Waals surface area contributed by atoms with Gasteiger partial charge in [-0.25, -0.2) is 9.37 Å². The average Bonchev–Trinajstić information content (AvgIpc) is 2.76. The van der Waals surface area contributed by atoms with E-state index in [0.29, 0.717) is 5.82 Å². The summed E-state index contributed by atoms with van der Waals surface area (Å²) in [4.78, 5) is 4.49. The monoisotopic (exact) mass is 274 g/mol. The van der Waals surface area contributed by atoms with E-state index in [1.807, 2.05) is 41.9 Å². The van der Waals surface area contributed by atoms with Gasteiger partial charge in [-0.2, -0.15) is 0 Å². The Morgan fingerprint density at radius 3 is 2.63 bits per heavy atom. The quantitative estimate of drug-likeness (QED) is 0.645. The molecule has 0 aliphatic heterocycles. The minimum atomic E-state index is -0.346. The van der Waals surface area contributed by atoms with Gasteiger partial charge in [-0.05, 0) is 23.8 Å². The third-order valence-corrected chi connectivity index (χ3v) is 3.64. The van der Waals surface area contributed by atoms with Crippen LogP contribution in [0.1, 0.15) is 16.8 Å². The lowest BCUT2D eigenvalue weighted by molar-refractivity contribution is 0.628. The second-order valence-corrected chi connectivity index (χ2v) is 4.87. The Hall–Kier alpha value is -1.87. The largest absolute Gasteiger partial charge is 0.329 e. The lowest BCUT2D eigenvalue weighted by Crippen LogP contribution is -2.02. The summed E-state index contributed by atoms with van der Waals surface area (Å²) in [5.41, 5.74) is 2.47. The number of imidazole rings is 1. The number of halogens is 2. The van der Waals surface area contributed by atoms with E-state index in [2.05, 4.69) is 4.98 Å². The number of aryl methyl sites for hydroxylation is 1. The van der Waals surface area contributed by atoms with E-state index < -0.39 is 0 Å². The maximum atomic E-state index is 13.3. The van der Waals surface area contributed by atoms with E-state index in [9.17, 15) is 4.39 Å². The van der Waals surface area contributed by atoms with Gasteiger partial charge < -0.3 is 4.57 Å². The molecule has 3 aromatic rings. The molecular formula is C15H12ClFN2. The molecular weight excluding hydrogens is 263 g/mol. The predicted molar refractivity (Wildman–Crippen MR) is 74.8 cm³/mol. The number of hydrogen-bond acceptors (Lipinski definition) is 1. The van der Waals surface area contributed by atoms with Gasteiger partial charge in [-0.1, -0.05) is 30.3 Å². The van der Waals surface area contributed by atoms with Crippen LogP contribution in [0, 0.1) is 5.82 Å². The molecule has 0 radical (unpaired) electrons. The number of benzene rings is 2. The van der Waals surface area contributed by atoms with Crippen molar-refractivity contribution in [3.8, 4) is 0 Å². The van der Waals surface area contributed by atoms with Crippen LogP contribution in [-0.2, 0) is 7.05 Å². The van der Waals surface area contributed by atoms with Crippen molar-refractivity contribution in [1.29, 1.82) is 0 Å². The van der Waals surface area contributed by atoms with Crippen molar-refractivity contribution >= 4 is 22.6 Å². The van der Waals surface area contributed by atoms with Crippen molar-refractivity contribution in [2.24, 2.45) is 7.05 Å². The van der Waals surface area contributed by atoms with E-state index in [1.165, 1.54) is 12.1 Å². The van der Waals surface area contributed by atoms with Crippen LogP contribution in [0.15, 0.2) is 48.5 Å². The molecule has 0 saturated heterocycles. The number of rotatable bonds is 2. The van der Waals surface area contributed by atoms with Crippen LogP contribution >= 0.6 is 11.6 Å². The summed E-state index contributed by atoms with van der Waals surface area (Å²) in [6.45, 7) is 0. The van der Waals surface area contributed by atoms with E-state index in [-0.39, 0.29) is 11.2 Å². The smallest absolute Gasteiger partial charge is 0.132 e. The lowest BCUT2D eigenvalue weighted by Gasteiger charge is -2.09. The minimum Gasteiger partial charge on any atom is -0.329 e. The maximum absolute atomic E-state index is 13.3. The van der Waals surface area contributed by atoms with Crippen molar-refractivity contribution in [2.45, 2.75) is 5.38 Å². The van der Waals surface area contributed by atoms with Gasteiger partial charge in [0.15, 0.2) is 0 Å². The minimum absolute atomic E-state index is 0.270. The third kappa shape index (κ3) is 2.10. The summed E-state index contributed by atoms with van der Waals surface area (Å²) in [5.74, 6) is 0.446. The van der Waals surface area contributed by atoms with Crippen molar-refractivity contribution in [2.75, 3.05) is 0 Å². The number of fused-ring (bicyclic) bond motifs is 1. The highest BCUT2D eigenvalue weighted by molar-refractivity contribution is 6.22. The molecule has 1 unspecified atom stereocenters. The Bertz CT molecular complexity index is 722. The van der Waals surface area contributed by atoms with Gasteiger partial charge in [0, 0.05) is 7.05 Å². The molecule has 2 nitrogen and oxygen atoms in total. The van der Waals surface area contributed by atoms with Crippen LogP contribution in [-0.4, -0.2) is 9.55 Å². The highest BCUT2D eigenvalue weighted by atomic mass is 35.5. The highest BCUT2D eigenvalue weighted by Crippen LogP contribution is 2.30. The first-order valence-electron chi connectivity index (χ1n) is 5.97. The van der Waals surface area contributed by atoms with E-state index in [0.717, 1.165) is 16.6 Å². The fraction of sp³-hybridized carbons (Fsp3) is 0.133. The molecule has 0 N–H and O–H groups in total. The Labute approximate surface area is 115 Å². The van der Waals surface area contributed by atoms with Crippen molar-refractivity contribution in [3.63, 3.8) is 0 Å². The molecule has 1 atom stereocenters. The Morgan fingerprint density at radius 2 is 1.89 bits per heavy atom. The summed E-state index contributed by atoms with van der Waals surface area (Å²) < 4.78 is 15.1. The average molecular weight is 275 g/mol. The summed E-state index contributed by atoms with van der Waals surface area (Å²) in [5, 5.41) is -0.346. The van der Waals surface area contributed by atoms with E-state index in [1.54, 1.807) is 6.07 Å². The molecule has 4 heteroatoms. The van der Waals surface area contributed by atoms with Gasteiger partial charge in [0.2, 0.25) is 0 Å². The summed E-state index contributed by atoms with van der Waals surface area (Å²) in [6.07, 6.45) is 0. The van der Waals surface area contributed by atoms with Gasteiger partial charge in [-0.3, -0.25) is 0 Å². The summed E-state index contributed by atoms with van der Waals surface area (Å²) >= 11 is 6.47. The van der Waals surface area contributed by atoms with Gasteiger partial charge in [0.05, 0.1) is 11.0 Å². The summed E-state index contributed by atoms with van der Waals surface area (Å²) in [6, 6.07) is 14.3. The van der Waals surface area contributed by atoms with Crippen molar-refractivity contribution in [1.82, 2.24) is 9.55 Å². The van der Waals surface area contributed by atoms with E-state index >= 15 is 0 Å². The molecule has 96 valence electrons. The zero-order chi connectivity index (χ0) is 13.4. The third-order valence-electron chi connectivity index (χ3n) is 3.20. The molecule has 0 aliphatic rings. The second-order valence-electron chi connectivity index (χ2n) is 4.44. The lowest BCUT2D eigenvalue weighted by atomic mass is 10.1. The Kier molecular flexibility index (Phi) is 2.99. The van der Waals surface area contributed by atoms with Crippen LogP contribution in [0.2, 0.25) is 0 Å². The number of aromatic nitrogens is 2. The Balaban J connectivity index is 2.13. The molecule has 0 aliphatic carbocycles. The van der Waals surface area contributed by atoms with Gasteiger partial charge in [-0.15, -0.1) is 11.6 Å². The molecule has 3 rings (SSSR count). The molecule has 0 amide bonds. The van der Waals surface area contributed by atoms with Gasteiger partial charge in [0.1, 0.15) is 17.0 Å². The fourth-order valence-electron chi connectivity index (χ4n) is 2.18. The molecule has 0 saturated carbocycles. The van der Waals surface area contributed by atoms with Crippen molar-refractivity contribution < 1.29 is 4.39 Å². The normalized spacial score (nSPS) is 12.8. The first kappa shape index (κ1) is 12.2. The molecule has 19 heavy (non-hydrogen) atoms. The molecule has 0 fully saturated rings. The van der Waals surface area contributed by atoms with Crippen LogP contribution in [0.4, 0.5) is 4.39 Å². The van der Waals surface area contributed by atoms with Crippen molar-refractivity contribution in [3.05, 3.63) is 65.7 Å². The predicted octanol–water partition coefficient (Wildman–Crippen LogP) is 4.04. The molecule has 1 aromatic heterocycles. The molecule has 0 spiro atoms. The molecule has 2 aromatic carbocycles. The number of alkyl halides is 1. The van der Waals surface area contributed by atoms with Crippen LogP contribution in [0.5, 0.6) is 0 Å². The van der Waals surface area contributed by atoms with Crippen LogP contribution in [0.3, 0.4) is 0 Å². The van der Waals surface area contributed by atoms with Gasteiger partial charge in [0.25, 0.3) is 0 Å². The SMILES string of the molecule is Cn1c(C(Cl)c2ccccc2)nc2ccc(F)cc21.